The molecule has 1 aromatic carbocycles. The van der Waals surface area contributed by atoms with E-state index in [1.807, 2.05) is 42.5 Å². The molecule has 2 amide bonds. The summed E-state index contributed by atoms with van der Waals surface area (Å²) >= 11 is 0. The minimum atomic E-state index is -0.963. The standard InChI is InChI=1S/C28H33N5O3/c1-28(2,3)20-9-11-22(12-10-20)33(27(36)24-15-23(34)18-31-24)25(19-7-6-13-29-16-19)26(35)32-17-21-8-4-5-14-30-21/h4-14,16,23-25,31,34H,15,17-18H2,1-3H3,(H,32,35). The molecule has 1 aliphatic heterocycles. The number of hydrogen-bond donors (Lipinski definition) is 3. The highest BCUT2D eigenvalue weighted by molar-refractivity contribution is 6.03. The van der Waals surface area contributed by atoms with Crippen LogP contribution in [0.3, 0.4) is 0 Å². The Labute approximate surface area is 211 Å². The predicted molar refractivity (Wildman–Crippen MR) is 138 cm³/mol. The van der Waals surface area contributed by atoms with Gasteiger partial charge in [-0.15, -0.1) is 0 Å². The van der Waals surface area contributed by atoms with Gasteiger partial charge in [-0.05, 0) is 47.7 Å². The number of aliphatic hydroxyl groups excluding tert-OH is 1. The Morgan fingerprint density at radius 1 is 1.11 bits per heavy atom. The number of anilines is 1. The first-order valence-electron chi connectivity index (χ1n) is 12.2. The zero-order valence-electron chi connectivity index (χ0n) is 20.9. The number of aromatic nitrogens is 2. The van der Waals surface area contributed by atoms with E-state index in [9.17, 15) is 14.7 Å². The third-order valence-corrected chi connectivity index (χ3v) is 6.33. The van der Waals surface area contributed by atoms with Crippen molar-refractivity contribution in [3.8, 4) is 0 Å². The normalized spacial score (nSPS) is 18.4. The average molecular weight is 488 g/mol. The molecule has 36 heavy (non-hydrogen) atoms. The van der Waals surface area contributed by atoms with E-state index in [-0.39, 0.29) is 30.2 Å². The van der Waals surface area contributed by atoms with Gasteiger partial charge in [-0.1, -0.05) is 45.0 Å². The quantitative estimate of drug-likeness (QED) is 0.473. The van der Waals surface area contributed by atoms with Gasteiger partial charge >= 0.3 is 0 Å². The molecule has 8 nitrogen and oxygen atoms in total. The molecule has 3 aromatic rings. The SMILES string of the molecule is CC(C)(C)c1ccc(N(C(=O)C2CC(O)CN2)C(C(=O)NCc2ccccn2)c2cccnc2)cc1. The van der Waals surface area contributed by atoms with Gasteiger partial charge < -0.3 is 15.7 Å². The van der Waals surface area contributed by atoms with Crippen molar-refractivity contribution in [2.24, 2.45) is 0 Å². The second-order valence-corrected chi connectivity index (χ2v) is 10.1. The van der Waals surface area contributed by atoms with Gasteiger partial charge in [0.25, 0.3) is 0 Å². The van der Waals surface area contributed by atoms with Crippen molar-refractivity contribution < 1.29 is 14.7 Å². The topological polar surface area (TPSA) is 107 Å². The lowest BCUT2D eigenvalue weighted by Gasteiger charge is -2.33. The summed E-state index contributed by atoms with van der Waals surface area (Å²) in [5, 5.41) is 16.1. The van der Waals surface area contributed by atoms with Crippen LogP contribution in [0, 0.1) is 0 Å². The van der Waals surface area contributed by atoms with Crippen LogP contribution in [0.25, 0.3) is 0 Å². The third kappa shape index (κ3) is 5.95. The molecule has 1 aliphatic rings. The van der Waals surface area contributed by atoms with Gasteiger partial charge in [0.15, 0.2) is 0 Å². The molecular weight excluding hydrogens is 454 g/mol. The van der Waals surface area contributed by atoms with E-state index in [0.717, 1.165) is 5.56 Å². The van der Waals surface area contributed by atoms with E-state index in [2.05, 4.69) is 41.4 Å². The summed E-state index contributed by atoms with van der Waals surface area (Å²) in [5.74, 6) is -0.627. The monoisotopic (exact) mass is 487 g/mol. The van der Waals surface area contributed by atoms with Crippen LogP contribution in [0.2, 0.25) is 0 Å². The number of β-amino-alcohol motifs (C(OH)–C–C–N with tert-alkyl or cyclic N) is 1. The number of carbonyl (C=O) groups excluding carboxylic acids is 2. The summed E-state index contributed by atoms with van der Waals surface area (Å²) < 4.78 is 0. The maximum absolute atomic E-state index is 13.9. The first-order chi connectivity index (χ1) is 17.2. The molecule has 3 unspecified atom stereocenters. The van der Waals surface area contributed by atoms with Gasteiger partial charge in [0.2, 0.25) is 11.8 Å². The molecule has 1 saturated heterocycles. The molecular formula is C28H33N5O3. The average Bonchev–Trinajstić information content (AvgIpc) is 3.32. The van der Waals surface area contributed by atoms with E-state index in [4.69, 9.17) is 0 Å². The highest BCUT2D eigenvalue weighted by Gasteiger charge is 2.39. The number of nitrogens with one attached hydrogen (secondary N) is 2. The van der Waals surface area contributed by atoms with Crippen LogP contribution in [0.15, 0.2) is 73.2 Å². The van der Waals surface area contributed by atoms with Crippen LogP contribution < -0.4 is 15.5 Å². The van der Waals surface area contributed by atoms with Crippen molar-refractivity contribution in [1.82, 2.24) is 20.6 Å². The fraction of sp³-hybridized carbons (Fsp3) is 0.357. The van der Waals surface area contributed by atoms with Crippen molar-refractivity contribution in [2.45, 2.75) is 57.3 Å². The van der Waals surface area contributed by atoms with Crippen LogP contribution >= 0.6 is 0 Å². The summed E-state index contributed by atoms with van der Waals surface area (Å²) in [5.41, 5.74) is 2.95. The largest absolute Gasteiger partial charge is 0.392 e. The van der Waals surface area contributed by atoms with E-state index >= 15 is 0 Å². The molecule has 188 valence electrons. The molecule has 8 heteroatoms. The Morgan fingerprint density at radius 2 is 1.89 bits per heavy atom. The lowest BCUT2D eigenvalue weighted by atomic mass is 9.87. The van der Waals surface area contributed by atoms with Crippen LogP contribution in [0.4, 0.5) is 5.69 Å². The summed E-state index contributed by atoms with van der Waals surface area (Å²) in [6.45, 7) is 6.92. The minimum Gasteiger partial charge on any atom is -0.392 e. The Hall–Kier alpha value is -3.62. The van der Waals surface area contributed by atoms with Crippen molar-refractivity contribution in [3.05, 3.63) is 90.0 Å². The number of amides is 2. The fourth-order valence-corrected chi connectivity index (χ4v) is 4.33. The molecule has 0 aliphatic carbocycles. The first kappa shape index (κ1) is 25.5. The molecule has 3 atom stereocenters. The smallest absolute Gasteiger partial charge is 0.248 e. The predicted octanol–water partition coefficient (Wildman–Crippen LogP) is 2.89. The summed E-state index contributed by atoms with van der Waals surface area (Å²) in [7, 11) is 0. The van der Waals surface area contributed by atoms with Gasteiger partial charge in [0, 0.05) is 36.4 Å². The van der Waals surface area contributed by atoms with E-state index in [1.165, 1.54) is 4.90 Å². The highest BCUT2D eigenvalue weighted by Crippen LogP contribution is 2.32. The highest BCUT2D eigenvalue weighted by atomic mass is 16.3. The zero-order chi connectivity index (χ0) is 25.7. The number of pyridine rings is 2. The molecule has 0 saturated carbocycles. The molecule has 3 heterocycles. The molecule has 1 fully saturated rings. The van der Waals surface area contributed by atoms with Crippen LogP contribution in [0.5, 0.6) is 0 Å². The van der Waals surface area contributed by atoms with Crippen LogP contribution in [-0.2, 0) is 21.5 Å². The van der Waals surface area contributed by atoms with Gasteiger partial charge in [0.1, 0.15) is 6.04 Å². The third-order valence-electron chi connectivity index (χ3n) is 6.33. The number of nitrogens with zero attached hydrogens (tertiary/aromatic N) is 3. The zero-order valence-corrected chi connectivity index (χ0v) is 20.9. The number of benzene rings is 1. The lowest BCUT2D eigenvalue weighted by molar-refractivity contribution is -0.127. The Morgan fingerprint density at radius 3 is 2.47 bits per heavy atom. The number of aliphatic hydroxyl groups is 1. The van der Waals surface area contributed by atoms with Gasteiger partial charge in [-0.3, -0.25) is 24.5 Å². The van der Waals surface area contributed by atoms with Gasteiger partial charge in [-0.25, -0.2) is 0 Å². The van der Waals surface area contributed by atoms with Gasteiger partial charge in [-0.2, -0.15) is 0 Å². The molecule has 3 N–H and O–H groups in total. The van der Waals surface area contributed by atoms with E-state index < -0.39 is 18.2 Å². The Balaban J connectivity index is 1.73. The number of hydrogen-bond acceptors (Lipinski definition) is 6. The first-order valence-corrected chi connectivity index (χ1v) is 12.2. The molecule has 2 aromatic heterocycles. The van der Waals surface area contributed by atoms with Crippen molar-refractivity contribution in [2.75, 3.05) is 11.4 Å². The van der Waals surface area contributed by atoms with Crippen molar-refractivity contribution in [3.63, 3.8) is 0 Å². The van der Waals surface area contributed by atoms with Crippen LogP contribution in [0.1, 0.15) is 50.1 Å². The number of carbonyl (C=O) groups is 2. The summed E-state index contributed by atoms with van der Waals surface area (Å²) in [6, 6.07) is 15.2. The number of rotatable bonds is 7. The second kappa shape index (κ2) is 11.0. The lowest BCUT2D eigenvalue weighted by Crippen LogP contribution is -2.50. The maximum Gasteiger partial charge on any atom is 0.248 e. The Bertz CT molecular complexity index is 1160. The minimum absolute atomic E-state index is 0.0622. The molecule has 0 spiro atoms. The Kier molecular flexibility index (Phi) is 7.76. The van der Waals surface area contributed by atoms with Gasteiger partial charge in [0.05, 0.1) is 24.4 Å². The van der Waals surface area contributed by atoms with E-state index in [1.54, 1.807) is 30.7 Å². The summed E-state index contributed by atoms with van der Waals surface area (Å²) in [6.07, 6.45) is 4.57. The second-order valence-electron chi connectivity index (χ2n) is 10.1. The molecule has 4 rings (SSSR count). The summed E-state index contributed by atoms with van der Waals surface area (Å²) in [4.78, 5) is 37.6. The molecule has 0 bridgehead atoms. The molecule has 0 radical (unpaired) electrons. The van der Waals surface area contributed by atoms with E-state index in [0.29, 0.717) is 23.5 Å². The fourth-order valence-electron chi connectivity index (χ4n) is 4.33. The van der Waals surface area contributed by atoms with Crippen molar-refractivity contribution in [1.29, 1.82) is 0 Å². The van der Waals surface area contributed by atoms with Crippen molar-refractivity contribution >= 4 is 17.5 Å². The maximum atomic E-state index is 13.9. The van der Waals surface area contributed by atoms with Crippen LogP contribution in [-0.4, -0.2) is 45.6 Å².